The molecule has 0 aliphatic heterocycles. The molecule has 1 unspecified atom stereocenters. The monoisotopic (exact) mass is 410 g/mol. The zero-order valence-corrected chi connectivity index (χ0v) is 19.7. The minimum absolute atomic E-state index is 0.00847. The molecule has 1 atom stereocenters. The van der Waals surface area contributed by atoms with Gasteiger partial charge in [-0.2, -0.15) is 0 Å². The Hall–Kier alpha value is -2.84. The largest absolute Gasteiger partial charge is 0.497 e. The molecule has 3 aromatic rings. The van der Waals surface area contributed by atoms with Gasteiger partial charge >= 0.3 is 0 Å². The summed E-state index contributed by atoms with van der Waals surface area (Å²) in [5.41, 5.74) is 7.15. The van der Waals surface area contributed by atoms with E-state index in [-0.39, 0.29) is 5.04 Å². The minimum Gasteiger partial charge on any atom is -0.497 e. The molecule has 2 heteroatoms. The zero-order chi connectivity index (χ0) is 21.3. The third-order valence-electron chi connectivity index (χ3n) is 7.02. The molecule has 0 saturated heterocycles. The Morgan fingerprint density at radius 3 is 1.63 bits per heavy atom. The van der Waals surface area contributed by atoms with E-state index in [4.69, 9.17) is 4.74 Å². The Kier molecular flexibility index (Phi) is 5.53. The van der Waals surface area contributed by atoms with Gasteiger partial charge in [-0.05, 0) is 55.2 Å². The van der Waals surface area contributed by atoms with Gasteiger partial charge in [0.1, 0.15) is 14.5 Å². The first kappa shape index (κ1) is 20.4. The summed E-state index contributed by atoms with van der Waals surface area (Å²) in [6, 6.07) is 30.9. The van der Waals surface area contributed by atoms with Crippen LogP contribution in [0.2, 0.25) is 5.04 Å². The second-order valence-electron chi connectivity index (χ2n) is 8.44. The number of methoxy groups -OCH3 is 1. The molecule has 4 rings (SSSR count). The highest BCUT2D eigenvalue weighted by Crippen LogP contribution is 2.58. The summed E-state index contributed by atoms with van der Waals surface area (Å²) in [5.74, 6) is 0.901. The van der Waals surface area contributed by atoms with E-state index in [0.29, 0.717) is 0 Å². The molecule has 0 bridgehead atoms. The summed E-state index contributed by atoms with van der Waals surface area (Å²) in [6.07, 6.45) is 0. The molecule has 0 amide bonds. The SMILES string of the molecule is COc1ccc(C2=C(C)C(C)=C(C)C2(C)[SiH](c2ccccc2)c2ccccc2)cc1. The van der Waals surface area contributed by atoms with Crippen LogP contribution in [-0.4, -0.2) is 15.9 Å². The average Bonchev–Trinajstić information content (AvgIpc) is 2.96. The van der Waals surface area contributed by atoms with E-state index in [0.717, 1.165) is 5.75 Å². The summed E-state index contributed by atoms with van der Waals surface area (Å²) in [6.45, 7) is 9.42. The van der Waals surface area contributed by atoms with Crippen LogP contribution in [0.15, 0.2) is 102 Å². The maximum absolute atomic E-state index is 5.42. The van der Waals surface area contributed by atoms with Crippen molar-refractivity contribution < 1.29 is 4.74 Å². The van der Waals surface area contributed by atoms with Gasteiger partial charge in [-0.1, -0.05) is 95.7 Å². The molecule has 1 aliphatic carbocycles. The number of allylic oxidation sites excluding steroid dienone is 4. The van der Waals surface area contributed by atoms with Gasteiger partial charge < -0.3 is 4.74 Å². The van der Waals surface area contributed by atoms with Crippen LogP contribution in [-0.2, 0) is 0 Å². The third-order valence-corrected chi connectivity index (χ3v) is 11.0. The molecule has 3 aromatic carbocycles. The molecule has 0 fully saturated rings. The highest BCUT2D eigenvalue weighted by molar-refractivity contribution is 6.89. The summed E-state index contributed by atoms with van der Waals surface area (Å²) >= 11 is 0. The van der Waals surface area contributed by atoms with E-state index in [1.165, 1.54) is 38.2 Å². The predicted molar refractivity (Wildman–Crippen MR) is 132 cm³/mol. The van der Waals surface area contributed by atoms with Crippen molar-refractivity contribution in [3.8, 4) is 5.75 Å². The highest BCUT2D eigenvalue weighted by Gasteiger charge is 2.47. The first-order chi connectivity index (χ1) is 14.5. The molecular formula is C28H30OSi. The van der Waals surface area contributed by atoms with Gasteiger partial charge in [0.2, 0.25) is 0 Å². The molecule has 0 aromatic heterocycles. The lowest BCUT2D eigenvalue weighted by Gasteiger charge is -2.39. The fourth-order valence-corrected chi connectivity index (χ4v) is 9.47. The molecule has 1 nitrogen and oxygen atoms in total. The van der Waals surface area contributed by atoms with Gasteiger partial charge in [-0.3, -0.25) is 0 Å². The van der Waals surface area contributed by atoms with Crippen LogP contribution >= 0.6 is 0 Å². The van der Waals surface area contributed by atoms with Gasteiger partial charge in [0.05, 0.1) is 7.11 Å². The lowest BCUT2D eigenvalue weighted by Crippen LogP contribution is -2.51. The Bertz CT molecular complexity index is 1050. The van der Waals surface area contributed by atoms with Crippen molar-refractivity contribution >= 4 is 24.7 Å². The number of rotatable bonds is 5. The van der Waals surface area contributed by atoms with Gasteiger partial charge in [0, 0.05) is 5.04 Å². The van der Waals surface area contributed by atoms with E-state index >= 15 is 0 Å². The van der Waals surface area contributed by atoms with Crippen molar-refractivity contribution in [2.75, 3.05) is 7.11 Å². The first-order valence-corrected chi connectivity index (χ1v) is 12.4. The van der Waals surface area contributed by atoms with Crippen molar-refractivity contribution in [1.82, 2.24) is 0 Å². The fraction of sp³-hybridized carbons (Fsp3) is 0.214. The summed E-state index contributed by atoms with van der Waals surface area (Å²) in [4.78, 5) is 0. The molecule has 152 valence electrons. The molecule has 0 N–H and O–H groups in total. The number of benzene rings is 3. The maximum Gasteiger partial charge on any atom is 0.118 e. The van der Waals surface area contributed by atoms with Crippen LogP contribution in [0.4, 0.5) is 0 Å². The normalized spacial score (nSPS) is 19.0. The van der Waals surface area contributed by atoms with Crippen molar-refractivity contribution in [3.05, 3.63) is 107 Å². The summed E-state index contributed by atoms with van der Waals surface area (Å²) < 4.78 is 5.42. The Morgan fingerprint density at radius 1 is 0.667 bits per heavy atom. The van der Waals surface area contributed by atoms with E-state index in [1.807, 2.05) is 0 Å². The lowest BCUT2D eigenvalue weighted by atomic mass is 9.90. The van der Waals surface area contributed by atoms with Gasteiger partial charge in [-0.15, -0.1) is 0 Å². The lowest BCUT2D eigenvalue weighted by molar-refractivity contribution is 0.415. The fourth-order valence-electron chi connectivity index (χ4n) is 5.22. The van der Waals surface area contributed by atoms with Crippen LogP contribution in [0.25, 0.3) is 5.57 Å². The molecule has 0 radical (unpaired) electrons. The quantitative estimate of drug-likeness (QED) is 0.496. The van der Waals surface area contributed by atoms with Crippen molar-refractivity contribution in [2.45, 2.75) is 32.7 Å². The van der Waals surface area contributed by atoms with Gasteiger partial charge in [0.25, 0.3) is 0 Å². The third kappa shape index (κ3) is 3.26. The van der Waals surface area contributed by atoms with Crippen LogP contribution in [0.1, 0.15) is 33.3 Å². The standard InChI is InChI=1S/C28H30OSi/c1-20-21(2)27(23-16-18-24(29-5)19-17-23)28(4,22(20)3)30(25-12-8-6-9-13-25)26-14-10-7-11-15-26/h6-19,30H,1-5H3. The van der Waals surface area contributed by atoms with Crippen molar-refractivity contribution in [1.29, 1.82) is 0 Å². The average molecular weight is 411 g/mol. The Labute approximate surface area is 182 Å². The minimum atomic E-state index is -1.65. The topological polar surface area (TPSA) is 9.23 Å². The van der Waals surface area contributed by atoms with Crippen molar-refractivity contribution in [2.24, 2.45) is 0 Å². The molecule has 30 heavy (non-hydrogen) atoms. The van der Waals surface area contributed by atoms with Crippen molar-refractivity contribution in [3.63, 3.8) is 0 Å². The molecular weight excluding hydrogens is 380 g/mol. The molecule has 0 saturated carbocycles. The number of hydrogen-bond donors (Lipinski definition) is 0. The zero-order valence-electron chi connectivity index (χ0n) is 18.6. The Morgan fingerprint density at radius 2 is 1.17 bits per heavy atom. The Balaban J connectivity index is 1.97. The molecule has 1 aliphatic rings. The van der Waals surface area contributed by atoms with Gasteiger partial charge in [-0.25, -0.2) is 0 Å². The molecule has 0 heterocycles. The van der Waals surface area contributed by atoms with Crippen LogP contribution in [0, 0.1) is 0 Å². The van der Waals surface area contributed by atoms with Crippen LogP contribution in [0.3, 0.4) is 0 Å². The van der Waals surface area contributed by atoms with Gasteiger partial charge in [0.15, 0.2) is 0 Å². The van der Waals surface area contributed by atoms with Crippen LogP contribution in [0.5, 0.6) is 5.75 Å². The van der Waals surface area contributed by atoms with E-state index < -0.39 is 8.80 Å². The number of ether oxygens (including phenoxy) is 1. The second-order valence-corrected chi connectivity index (χ2v) is 11.8. The molecule has 0 spiro atoms. The second kappa shape index (κ2) is 8.12. The van der Waals surface area contributed by atoms with E-state index in [9.17, 15) is 0 Å². The number of hydrogen-bond acceptors (Lipinski definition) is 1. The maximum atomic E-state index is 5.42. The van der Waals surface area contributed by atoms with E-state index in [2.05, 4.69) is 113 Å². The smallest absolute Gasteiger partial charge is 0.118 e. The predicted octanol–water partition coefficient (Wildman–Crippen LogP) is 5.62. The highest BCUT2D eigenvalue weighted by atomic mass is 28.3. The summed E-state index contributed by atoms with van der Waals surface area (Å²) in [5, 5.41) is 2.96. The first-order valence-electron chi connectivity index (χ1n) is 10.6. The summed E-state index contributed by atoms with van der Waals surface area (Å²) in [7, 11) is 0.0781. The van der Waals surface area contributed by atoms with Crippen LogP contribution < -0.4 is 15.1 Å². The van der Waals surface area contributed by atoms with E-state index in [1.54, 1.807) is 7.11 Å².